The van der Waals surface area contributed by atoms with Gasteiger partial charge in [0.15, 0.2) is 0 Å². The normalized spacial score (nSPS) is 26.5. The molecule has 0 saturated carbocycles. The van der Waals surface area contributed by atoms with Gasteiger partial charge in [-0.3, -0.25) is 4.90 Å². The summed E-state index contributed by atoms with van der Waals surface area (Å²) in [5.74, 6) is 0.570. The second-order valence-electron chi connectivity index (χ2n) is 6.37. The molecule has 2 rings (SSSR count). The highest BCUT2D eigenvalue weighted by Gasteiger charge is 2.27. The maximum Gasteiger partial charge on any atom is 0.0674 e. The standard InChI is InChI=1S/C18H30N2O/c1-5-19-18(17-9-7-6-8-10-17)14(2)11-20-12-16(4)21-13-15(20)3/h6-10,14-16,18-19H,5,11-13H2,1-4H3. The zero-order chi connectivity index (χ0) is 15.2. The van der Waals surface area contributed by atoms with E-state index in [1.807, 2.05) is 0 Å². The molecule has 0 aromatic heterocycles. The van der Waals surface area contributed by atoms with Gasteiger partial charge in [0, 0.05) is 25.2 Å². The van der Waals surface area contributed by atoms with Crippen molar-refractivity contribution in [2.45, 2.75) is 45.9 Å². The van der Waals surface area contributed by atoms with Gasteiger partial charge in [-0.05, 0) is 31.9 Å². The van der Waals surface area contributed by atoms with Crippen LogP contribution in [0, 0.1) is 5.92 Å². The van der Waals surface area contributed by atoms with Gasteiger partial charge in [-0.2, -0.15) is 0 Å². The summed E-state index contributed by atoms with van der Waals surface area (Å²) in [5.41, 5.74) is 1.39. The third kappa shape index (κ3) is 4.53. The molecule has 3 heteroatoms. The fraction of sp³-hybridized carbons (Fsp3) is 0.667. The average Bonchev–Trinajstić information content (AvgIpc) is 2.49. The molecule has 1 aromatic carbocycles. The molecule has 1 aliphatic rings. The van der Waals surface area contributed by atoms with Crippen molar-refractivity contribution in [2.24, 2.45) is 5.92 Å². The maximum atomic E-state index is 5.74. The topological polar surface area (TPSA) is 24.5 Å². The summed E-state index contributed by atoms with van der Waals surface area (Å²) < 4.78 is 5.74. The molecule has 3 nitrogen and oxygen atoms in total. The van der Waals surface area contributed by atoms with Gasteiger partial charge < -0.3 is 10.1 Å². The third-order valence-corrected chi connectivity index (χ3v) is 4.41. The third-order valence-electron chi connectivity index (χ3n) is 4.41. The molecule has 1 fully saturated rings. The highest BCUT2D eigenvalue weighted by Crippen LogP contribution is 2.24. The molecule has 0 amide bonds. The van der Waals surface area contributed by atoms with Crippen LogP contribution in [0.25, 0.3) is 0 Å². The Kier molecular flexibility index (Phi) is 6.22. The van der Waals surface area contributed by atoms with Crippen LogP contribution in [0.1, 0.15) is 39.3 Å². The van der Waals surface area contributed by atoms with Gasteiger partial charge >= 0.3 is 0 Å². The number of nitrogens with one attached hydrogen (secondary N) is 1. The Morgan fingerprint density at radius 2 is 2.00 bits per heavy atom. The van der Waals surface area contributed by atoms with Crippen molar-refractivity contribution in [3.8, 4) is 0 Å². The van der Waals surface area contributed by atoms with E-state index in [4.69, 9.17) is 4.74 Å². The van der Waals surface area contributed by atoms with Crippen LogP contribution in [-0.4, -0.2) is 43.3 Å². The summed E-state index contributed by atoms with van der Waals surface area (Å²) in [6, 6.07) is 11.7. The second kappa shape index (κ2) is 7.92. The molecule has 1 heterocycles. The quantitative estimate of drug-likeness (QED) is 0.871. The second-order valence-corrected chi connectivity index (χ2v) is 6.37. The van der Waals surface area contributed by atoms with Crippen molar-refractivity contribution in [2.75, 3.05) is 26.2 Å². The predicted octanol–water partition coefficient (Wildman–Crippen LogP) is 3.08. The molecule has 1 aromatic rings. The van der Waals surface area contributed by atoms with Gasteiger partial charge in [-0.1, -0.05) is 44.2 Å². The lowest BCUT2D eigenvalue weighted by Crippen LogP contribution is -2.49. The number of rotatable bonds is 6. The molecule has 0 bridgehead atoms. The van der Waals surface area contributed by atoms with E-state index in [0.29, 0.717) is 24.1 Å². The first-order valence-electron chi connectivity index (χ1n) is 8.25. The van der Waals surface area contributed by atoms with E-state index < -0.39 is 0 Å². The summed E-state index contributed by atoms with van der Waals surface area (Å²) >= 11 is 0. The minimum atomic E-state index is 0.350. The Morgan fingerprint density at radius 1 is 1.29 bits per heavy atom. The zero-order valence-corrected chi connectivity index (χ0v) is 13.9. The largest absolute Gasteiger partial charge is 0.376 e. The molecule has 0 spiro atoms. The van der Waals surface area contributed by atoms with E-state index in [-0.39, 0.29) is 0 Å². The fourth-order valence-corrected chi connectivity index (χ4v) is 3.23. The van der Waals surface area contributed by atoms with Crippen molar-refractivity contribution >= 4 is 0 Å². The molecule has 0 radical (unpaired) electrons. The van der Waals surface area contributed by atoms with Crippen LogP contribution >= 0.6 is 0 Å². The van der Waals surface area contributed by atoms with Gasteiger partial charge in [0.05, 0.1) is 12.7 Å². The summed E-state index contributed by atoms with van der Waals surface area (Å²) in [5, 5.41) is 3.66. The SMILES string of the molecule is CCNC(c1ccccc1)C(C)CN1CC(C)OCC1C. The first-order chi connectivity index (χ1) is 10.1. The maximum absolute atomic E-state index is 5.74. The lowest BCUT2D eigenvalue weighted by atomic mass is 9.93. The van der Waals surface area contributed by atoms with Crippen LogP contribution in [-0.2, 0) is 4.74 Å². The van der Waals surface area contributed by atoms with Crippen LogP contribution in [0.2, 0.25) is 0 Å². The number of morpholine rings is 1. The molecule has 4 atom stereocenters. The van der Waals surface area contributed by atoms with E-state index in [1.165, 1.54) is 5.56 Å². The van der Waals surface area contributed by atoms with Crippen LogP contribution in [0.15, 0.2) is 30.3 Å². The number of nitrogens with zero attached hydrogens (tertiary/aromatic N) is 1. The summed E-state index contributed by atoms with van der Waals surface area (Å²) in [6.45, 7) is 13.0. The molecular weight excluding hydrogens is 260 g/mol. The number of benzene rings is 1. The molecule has 4 unspecified atom stereocenters. The first kappa shape index (κ1) is 16.5. The average molecular weight is 290 g/mol. The lowest BCUT2D eigenvalue weighted by molar-refractivity contribution is -0.0549. The lowest BCUT2D eigenvalue weighted by Gasteiger charge is -2.39. The Balaban J connectivity index is 2.03. The van der Waals surface area contributed by atoms with E-state index >= 15 is 0 Å². The summed E-state index contributed by atoms with van der Waals surface area (Å²) in [6.07, 6.45) is 0.350. The minimum absolute atomic E-state index is 0.350. The zero-order valence-electron chi connectivity index (χ0n) is 13.9. The highest BCUT2D eigenvalue weighted by molar-refractivity contribution is 5.19. The molecule has 1 aliphatic heterocycles. The van der Waals surface area contributed by atoms with E-state index in [2.05, 4.69) is 68.2 Å². The smallest absolute Gasteiger partial charge is 0.0674 e. The molecule has 118 valence electrons. The highest BCUT2D eigenvalue weighted by atomic mass is 16.5. The van der Waals surface area contributed by atoms with Crippen LogP contribution in [0.3, 0.4) is 0 Å². The minimum Gasteiger partial charge on any atom is -0.376 e. The molecule has 21 heavy (non-hydrogen) atoms. The molecule has 0 aliphatic carbocycles. The van der Waals surface area contributed by atoms with Crippen LogP contribution in [0.4, 0.5) is 0 Å². The molecule has 1 saturated heterocycles. The van der Waals surface area contributed by atoms with Crippen LogP contribution < -0.4 is 5.32 Å². The monoisotopic (exact) mass is 290 g/mol. The predicted molar refractivity (Wildman–Crippen MR) is 88.5 cm³/mol. The van der Waals surface area contributed by atoms with Gasteiger partial charge in [0.1, 0.15) is 0 Å². The van der Waals surface area contributed by atoms with Crippen LogP contribution in [0.5, 0.6) is 0 Å². The van der Waals surface area contributed by atoms with E-state index in [0.717, 1.165) is 26.2 Å². The molecule has 1 N–H and O–H groups in total. The van der Waals surface area contributed by atoms with Gasteiger partial charge in [0.2, 0.25) is 0 Å². The Hall–Kier alpha value is -0.900. The number of ether oxygens (including phenoxy) is 1. The van der Waals surface area contributed by atoms with E-state index in [1.54, 1.807) is 0 Å². The van der Waals surface area contributed by atoms with E-state index in [9.17, 15) is 0 Å². The Labute approximate surface area is 129 Å². The van der Waals surface area contributed by atoms with Crippen molar-refractivity contribution in [3.63, 3.8) is 0 Å². The van der Waals surface area contributed by atoms with Gasteiger partial charge in [0.25, 0.3) is 0 Å². The van der Waals surface area contributed by atoms with Crippen molar-refractivity contribution in [1.82, 2.24) is 10.2 Å². The van der Waals surface area contributed by atoms with Gasteiger partial charge in [-0.25, -0.2) is 0 Å². The van der Waals surface area contributed by atoms with Crippen molar-refractivity contribution < 1.29 is 4.74 Å². The summed E-state index contributed by atoms with van der Waals surface area (Å²) in [7, 11) is 0. The van der Waals surface area contributed by atoms with Crippen molar-refractivity contribution in [3.05, 3.63) is 35.9 Å². The summed E-state index contributed by atoms with van der Waals surface area (Å²) in [4.78, 5) is 2.58. The van der Waals surface area contributed by atoms with Gasteiger partial charge in [-0.15, -0.1) is 0 Å². The Morgan fingerprint density at radius 3 is 2.67 bits per heavy atom. The number of hydrogen-bond acceptors (Lipinski definition) is 3. The first-order valence-corrected chi connectivity index (χ1v) is 8.25. The Bertz CT molecular complexity index is 409. The van der Waals surface area contributed by atoms with Crippen molar-refractivity contribution in [1.29, 1.82) is 0 Å². The fourth-order valence-electron chi connectivity index (χ4n) is 3.23. The molecular formula is C18H30N2O. The number of hydrogen-bond donors (Lipinski definition) is 1.